The SMILES string of the molecule is O=C(N1CC2(C1)CN(c1ccc(F)cn1)C2)N1CCOc2cc(F)c(F)cc21. The van der Waals surface area contributed by atoms with Gasteiger partial charge in [-0.05, 0) is 12.1 Å². The smallest absolute Gasteiger partial charge is 0.324 e. The van der Waals surface area contributed by atoms with E-state index in [2.05, 4.69) is 4.98 Å². The van der Waals surface area contributed by atoms with Crippen LogP contribution in [0.4, 0.5) is 29.5 Å². The number of anilines is 2. The minimum Gasteiger partial charge on any atom is -0.489 e. The van der Waals surface area contributed by atoms with E-state index in [4.69, 9.17) is 4.74 Å². The highest BCUT2D eigenvalue weighted by atomic mass is 19.2. The molecular weight excluding hydrogens is 373 g/mol. The van der Waals surface area contributed by atoms with Crippen LogP contribution in [0, 0.1) is 22.9 Å². The molecule has 0 saturated carbocycles. The van der Waals surface area contributed by atoms with E-state index in [1.807, 2.05) is 4.90 Å². The average Bonchev–Trinajstić information content (AvgIpc) is 2.61. The van der Waals surface area contributed by atoms with Crippen molar-refractivity contribution in [2.24, 2.45) is 5.41 Å². The second-order valence-electron chi connectivity index (χ2n) is 7.56. The number of hydrogen-bond donors (Lipinski definition) is 0. The lowest BCUT2D eigenvalue weighted by Gasteiger charge is -2.60. The molecule has 3 aliphatic rings. The number of rotatable bonds is 1. The number of urea groups is 1. The second-order valence-corrected chi connectivity index (χ2v) is 7.56. The van der Waals surface area contributed by atoms with Crippen LogP contribution < -0.4 is 14.5 Å². The molecular formula is C19H17F3N4O2. The summed E-state index contributed by atoms with van der Waals surface area (Å²) in [7, 11) is 0. The summed E-state index contributed by atoms with van der Waals surface area (Å²) in [6.07, 6.45) is 1.19. The Morgan fingerprint density at radius 3 is 2.54 bits per heavy atom. The molecule has 0 atom stereocenters. The van der Waals surface area contributed by atoms with Gasteiger partial charge in [-0.25, -0.2) is 22.9 Å². The van der Waals surface area contributed by atoms with Crippen molar-refractivity contribution in [3.05, 3.63) is 47.9 Å². The molecule has 146 valence electrons. The van der Waals surface area contributed by atoms with Crippen molar-refractivity contribution < 1.29 is 22.7 Å². The molecule has 5 rings (SSSR count). The van der Waals surface area contributed by atoms with Gasteiger partial charge >= 0.3 is 6.03 Å². The lowest BCUT2D eigenvalue weighted by atomic mass is 9.73. The number of aromatic nitrogens is 1. The van der Waals surface area contributed by atoms with E-state index in [0.29, 0.717) is 13.1 Å². The van der Waals surface area contributed by atoms with Crippen molar-refractivity contribution in [1.82, 2.24) is 9.88 Å². The molecule has 1 spiro atoms. The minimum absolute atomic E-state index is 0.00882. The van der Waals surface area contributed by atoms with E-state index in [0.717, 1.165) is 31.0 Å². The number of hydrogen-bond acceptors (Lipinski definition) is 4. The number of carbonyl (C=O) groups is 1. The zero-order valence-electron chi connectivity index (χ0n) is 14.9. The number of halogens is 3. The number of fused-ring (bicyclic) bond motifs is 1. The Labute approximate surface area is 159 Å². The lowest BCUT2D eigenvalue weighted by Crippen LogP contribution is -2.74. The van der Waals surface area contributed by atoms with Crippen LogP contribution in [0.1, 0.15) is 0 Å². The molecule has 28 heavy (non-hydrogen) atoms. The van der Waals surface area contributed by atoms with Crippen LogP contribution >= 0.6 is 0 Å². The van der Waals surface area contributed by atoms with Crippen LogP contribution in [0.5, 0.6) is 5.75 Å². The van der Waals surface area contributed by atoms with Gasteiger partial charge in [-0.3, -0.25) is 4.90 Å². The fraction of sp³-hybridized carbons (Fsp3) is 0.368. The first-order valence-electron chi connectivity index (χ1n) is 8.99. The molecule has 3 aliphatic heterocycles. The van der Waals surface area contributed by atoms with Gasteiger partial charge in [0.15, 0.2) is 11.6 Å². The van der Waals surface area contributed by atoms with Crippen molar-refractivity contribution in [3.63, 3.8) is 0 Å². The van der Waals surface area contributed by atoms with Gasteiger partial charge in [-0.15, -0.1) is 0 Å². The van der Waals surface area contributed by atoms with Gasteiger partial charge < -0.3 is 14.5 Å². The Hall–Kier alpha value is -2.97. The summed E-state index contributed by atoms with van der Waals surface area (Å²) < 4.78 is 45.4. The van der Waals surface area contributed by atoms with Gasteiger partial charge in [-0.2, -0.15) is 0 Å². The van der Waals surface area contributed by atoms with Crippen molar-refractivity contribution >= 4 is 17.5 Å². The van der Waals surface area contributed by atoms with Crippen LogP contribution in [0.3, 0.4) is 0 Å². The van der Waals surface area contributed by atoms with Gasteiger partial charge in [0.2, 0.25) is 0 Å². The molecule has 2 amide bonds. The number of amides is 2. The molecule has 0 unspecified atom stereocenters. The zero-order valence-corrected chi connectivity index (χ0v) is 14.9. The Bertz CT molecular complexity index is 939. The molecule has 4 heterocycles. The second kappa shape index (κ2) is 6.02. The molecule has 2 saturated heterocycles. The van der Waals surface area contributed by atoms with Gasteiger partial charge in [0.1, 0.15) is 24.0 Å². The van der Waals surface area contributed by atoms with Gasteiger partial charge in [-0.1, -0.05) is 0 Å². The van der Waals surface area contributed by atoms with E-state index in [1.54, 1.807) is 11.0 Å². The molecule has 2 aromatic rings. The Morgan fingerprint density at radius 1 is 1.07 bits per heavy atom. The zero-order chi connectivity index (χ0) is 19.5. The first kappa shape index (κ1) is 17.2. The van der Waals surface area contributed by atoms with Crippen LogP contribution in [0.25, 0.3) is 0 Å². The molecule has 0 N–H and O–H groups in total. The topological polar surface area (TPSA) is 48.9 Å². The van der Waals surface area contributed by atoms with Gasteiger partial charge in [0.05, 0.1) is 18.4 Å². The standard InChI is InChI=1S/C19H17F3N4O2/c20-12-1-2-17(23-7-12)24-8-19(9-24)10-25(11-19)18(27)26-3-4-28-16-6-14(22)13(21)5-15(16)26/h1-2,5-7H,3-4,8-11H2. The first-order chi connectivity index (χ1) is 13.4. The predicted octanol–water partition coefficient (Wildman–Crippen LogP) is 2.64. The largest absolute Gasteiger partial charge is 0.489 e. The van der Waals surface area contributed by atoms with E-state index >= 15 is 0 Å². The predicted molar refractivity (Wildman–Crippen MR) is 95.0 cm³/mol. The molecule has 1 aromatic heterocycles. The maximum atomic E-state index is 13.6. The number of benzene rings is 1. The third kappa shape index (κ3) is 2.64. The third-order valence-electron chi connectivity index (χ3n) is 5.51. The Kier molecular flexibility index (Phi) is 3.68. The maximum absolute atomic E-state index is 13.6. The lowest BCUT2D eigenvalue weighted by molar-refractivity contribution is 0.00927. The van der Waals surface area contributed by atoms with E-state index in [-0.39, 0.29) is 41.9 Å². The minimum atomic E-state index is -1.01. The molecule has 0 bridgehead atoms. The molecule has 0 radical (unpaired) electrons. The molecule has 6 nitrogen and oxygen atoms in total. The average molecular weight is 390 g/mol. The molecule has 9 heteroatoms. The normalized spacial score (nSPS) is 19.6. The highest BCUT2D eigenvalue weighted by Gasteiger charge is 2.54. The van der Waals surface area contributed by atoms with E-state index < -0.39 is 11.6 Å². The third-order valence-corrected chi connectivity index (χ3v) is 5.51. The fourth-order valence-corrected chi connectivity index (χ4v) is 4.16. The fourth-order valence-electron chi connectivity index (χ4n) is 4.16. The summed E-state index contributed by atoms with van der Waals surface area (Å²) in [4.78, 5) is 22.1. The summed E-state index contributed by atoms with van der Waals surface area (Å²) in [6.45, 7) is 3.17. The summed E-state index contributed by atoms with van der Waals surface area (Å²) in [5.41, 5.74) is 0.261. The summed E-state index contributed by atoms with van der Waals surface area (Å²) >= 11 is 0. The van der Waals surface area contributed by atoms with E-state index in [9.17, 15) is 18.0 Å². The highest BCUT2D eigenvalue weighted by molar-refractivity contribution is 5.94. The van der Waals surface area contributed by atoms with Crippen LogP contribution in [0.2, 0.25) is 0 Å². The van der Waals surface area contributed by atoms with E-state index in [1.165, 1.54) is 17.2 Å². The van der Waals surface area contributed by atoms with Crippen LogP contribution in [-0.2, 0) is 0 Å². The maximum Gasteiger partial charge on any atom is 0.324 e. The first-order valence-corrected chi connectivity index (χ1v) is 8.99. The molecule has 2 fully saturated rings. The Balaban J connectivity index is 1.24. The number of carbonyl (C=O) groups excluding carboxylic acids is 1. The van der Waals surface area contributed by atoms with Crippen molar-refractivity contribution in [2.75, 3.05) is 49.1 Å². The highest BCUT2D eigenvalue weighted by Crippen LogP contribution is 2.43. The van der Waals surface area contributed by atoms with Gasteiger partial charge in [0.25, 0.3) is 0 Å². The van der Waals surface area contributed by atoms with Crippen molar-refractivity contribution in [3.8, 4) is 5.75 Å². The van der Waals surface area contributed by atoms with Crippen molar-refractivity contribution in [2.45, 2.75) is 0 Å². The monoisotopic (exact) mass is 390 g/mol. The molecule has 1 aromatic carbocycles. The van der Waals surface area contributed by atoms with Crippen LogP contribution in [-0.4, -0.2) is 55.2 Å². The Morgan fingerprint density at radius 2 is 1.82 bits per heavy atom. The molecule has 0 aliphatic carbocycles. The van der Waals surface area contributed by atoms with Crippen LogP contribution in [0.15, 0.2) is 30.5 Å². The van der Waals surface area contributed by atoms with Gasteiger partial charge in [0, 0.05) is 43.7 Å². The number of likely N-dealkylation sites (tertiary alicyclic amines) is 1. The summed E-state index contributed by atoms with van der Waals surface area (Å²) in [6, 6.07) is 4.76. The summed E-state index contributed by atoms with van der Waals surface area (Å²) in [5.74, 6) is -1.49. The number of ether oxygens (including phenoxy) is 1. The quantitative estimate of drug-likeness (QED) is 0.751. The number of nitrogens with zero attached hydrogens (tertiary/aromatic N) is 4. The number of pyridine rings is 1. The summed E-state index contributed by atoms with van der Waals surface area (Å²) in [5, 5.41) is 0. The van der Waals surface area contributed by atoms with Crippen molar-refractivity contribution in [1.29, 1.82) is 0 Å².